The number of aromatic nitrogens is 2. The zero-order chi connectivity index (χ0) is 15.4. The van der Waals surface area contributed by atoms with E-state index >= 15 is 0 Å². The molecule has 1 fully saturated rings. The zero-order valence-corrected chi connectivity index (χ0v) is 14.4. The summed E-state index contributed by atoms with van der Waals surface area (Å²) >= 11 is 0. The normalized spacial score (nSPS) is 21.0. The minimum Gasteiger partial charge on any atom is -0.316 e. The van der Waals surface area contributed by atoms with Crippen molar-refractivity contribution in [2.24, 2.45) is 5.92 Å². The Balaban J connectivity index is 2.11. The summed E-state index contributed by atoms with van der Waals surface area (Å²) < 4.78 is 2.14. The van der Waals surface area contributed by atoms with Crippen LogP contribution in [0.15, 0.2) is 0 Å². The first-order valence-electron chi connectivity index (χ1n) is 8.57. The molecule has 0 bridgehead atoms. The fourth-order valence-corrected chi connectivity index (χ4v) is 3.78. The maximum atomic E-state index is 4.69. The van der Waals surface area contributed by atoms with Crippen molar-refractivity contribution < 1.29 is 0 Å². The van der Waals surface area contributed by atoms with Crippen LogP contribution in [0.5, 0.6) is 0 Å². The van der Waals surface area contributed by atoms with Gasteiger partial charge in [-0.1, -0.05) is 6.92 Å². The Morgan fingerprint density at radius 1 is 1.38 bits per heavy atom. The Bertz CT molecular complexity index is 446. The van der Waals surface area contributed by atoms with E-state index < -0.39 is 0 Å². The highest BCUT2D eigenvalue weighted by Gasteiger charge is 2.24. The third-order valence-corrected chi connectivity index (χ3v) is 5.00. The molecule has 1 saturated heterocycles. The summed E-state index contributed by atoms with van der Waals surface area (Å²) in [6.45, 7) is 16.8. The Kier molecular flexibility index (Phi) is 5.82. The number of rotatable bonds is 6. The molecule has 1 N–H and O–H groups in total. The topological polar surface area (TPSA) is 33.1 Å². The fraction of sp³-hybridized carbons (Fsp3) is 0.824. The van der Waals surface area contributed by atoms with Crippen molar-refractivity contribution in [3.8, 4) is 0 Å². The number of nitrogens with one attached hydrogen (secondary N) is 1. The lowest BCUT2D eigenvalue weighted by Gasteiger charge is -2.33. The average Bonchev–Trinajstić information content (AvgIpc) is 2.79. The molecule has 1 aliphatic heterocycles. The van der Waals surface area contributed by atoms with Gasteiger partial charge in [-0.05, 0) is 66.1 Å². The third-order valence-electron chi connectivity index (χ3n) is 5.00. The van der Waals surface area contributed by atoms with Crippen LogP contribution in [0.25, 0.3) is 0 Å². The summed E-state index contributed by atoms with van der Waals surface area (Å²) in [5.74, 6) is 0.794. The van der Waals surface area contributed by atoms with Gasteiger partial charge in [-0.15, -0.1) is 0 Å². The lowest BCUT2D eigenvalue weighted by Crippen LogP contribution is -2.39. The van der Waals surface area contributed by atoms with E-state index in [0.29, 0.717) is 6.04 Å². The van der Waals surface area contributed by atoms with Gasteiger partial charge in [-0.3, -0.25) is 9.58 Å². The van der Waals surface area contributed by atoms with Crippen LogP contribution in [0.1, 0.15) is 56.6 Å². The predicted octanol–water partition coefficient (Wildman–Crippen LogP) is 2.90. The van der Waals surface area contributed by atoms with Gasteiger partial charge in [0.15, 0.2) is 0 Å². The highest BCUT2D eigenvalue weighted by atomic mass is 15.3. The Morgan fingerprint density at radius 2 is 2.14 bits per heavy atom. The predicted molar refractivity (Wildman–Crippen MR) is 88.6 cm³/mol. The van der Waals surface area contributed by atoms with Crippen molar-refractivity contribution in [2.45, 2.75) is 60.0 Å². The van der Waals surface area contributed by atoms with Crippen molar-refractivity contribution in [2.75, 3.05) is 26.2 Å². The lowest BCUT2D eigenvalue weighted by molar-refractivity contribution is 0.170. The van der Waals surface area contributed by atoms with Gasteiger partial charge in [-0.25, -0.2) is 0 Å². The van der Waals surface area contributed by atoms with Crippen LogP contribution in [0, 0.1) is 19.8 Å². The van der Waals surface area contributed by atoms with Gasteiger partial charge in [0.1, 0.15) is 0 Å². The summed E-state index contributed by atoms with van der Waals surface area (Å²) in [4.78, 5) is 2.62. The molecule has 1 aromatic rings. The minimum absolute atomic E-state index is 0.456. The maximum absolute atomic E-state index is 4.69. The molecular weight excluding hydrogens is 260 g/mol. The first kappa shape index (κ1) is 16.5. The molecule has 0 aromatic carbocycles. The first-order chi connectivity index (χ1) is 10.1. The molecule has 2 atom stereocenters. The van der Waals surface area contributed by atoms with Crippen LogP contribution >= 0.6 is 0 Å². The molecule has 0 radical (unpaired) electrons. The zero-order valence-electron chi connectivity index (χ0n) is 14.4. The Hall–Kier alpha value is -0.870. The van der Waals surface area contributed by atoms with Crippen LogP contribution < -0.4 is 5.32 Å². The summed E-state index contributed by atoms with van der Waals surface area (Å²) in [5.41, 5.74) is 3.97. The highest BCUT2D eigenvalue weighted by Crippen LogP contribution is 2.28. The van der Waals surface area contributed by atoms with E-state index in [4.69, 9.17) is 5.10 Å². The van der Waals surface area contributed by atoms with Crippen LogP contribution in [0.3, 0.4) is 0 Å². The van der Waals surface area contributed by atoms with Crippen molar-refractivity contribution in [1.82, 2.24) is 20.0 Å². The third kappa shape index (κ3) is 3.67. The van der Waals surface area contributed by atoms with Gasteiger partial charge in [-0.2, -0.15) is 5.10 Å². The molecule has 2 unspecified atom stereocenters. The molecule has 0 spiro atoms. The van der Waals surface area contributed by atoms with E-state index in [9.17, 15) is 0 Å². The smallest absolute Gasteiger partial charge is 0.0644 e. The van der Waals surface area contributed by atoms with Gasteiger partial charge < -0.3 is 5.32 Å². The second kappa shape index (κ2) is 7.41. The van der Waals surface area contributed by atoms with Crippen LogP contribution in [0.4, 0.5) is 0 Å². The number of aryl methyl sites for hydroxylation is 2. The van der Waals surface area contributed by atoms with E-state index in [2.05, 4.69) is 49.5 Å². The highest BCUT2D eigenvalue weighted by molar-refractivity contribution is 5.28. The van der Waals surface area contributed by atoms with Gasteiger partial charge in [0.25, 0.3) is 0 Å². The molecule has 1 aliphatic rings. The first-order valence-corrected chi connectivity index (χ1v) is 8.57. The molecular formula is C17H32N4. The van der Waals surface area contributed by atoms with E-state index in [-0.39, 0.29) is 0 Å². The fourth-order valence-electron chi connectivity index (χ4n) is 3.78. The van der Waals surface area contributed by atoms with Crippen LogP contribution in [0.2, 0.25) is 0 Å². The monoisotopic (exact) mass is 292 g/mol. The van der Waals surface area contributed by atoms with Gasteiger partial charge in [0, 0.05) is 30.4 Å². The van der Waals surface area contributed by atoms with Crippen molar-refractivity contribution in [3.63, 3.8) is 0 Å². The van der Waals surface area contributed by atoms with Gasteiger partial charge in [0.05, 0.1) is 5.69 Å². The van der Waals surface area contributed by atoms with E-state index in [1.165, 1.54) is 49.4 Å². The average molecular weight is 292 g/mol. The number of nitrogens with zero attached hydrogens (tertiary/aromatic N) is 3. The summed E-state index contributed by atoms with van der Waals surface area (Å²) in [7, 11) is 0. The molecule has 4 heteroatoms. The standard InChI is InChI=1S/C17H32N4/c1-6-20(12-16-9-8-10-18-11-16)14(4)17-13(3)19-21(7-2)15(17)5/h14,16,18H,6-12H2,1-5H3. The second-order valence-electron chi connectivity index (χ2n) is 6.38. The Morgan fingerprint density at radius 3 is 2.67 bits per heavy atom. The lowest BCUT2D eigenvalue weighted by atomic mass is 9.97. The molecule has 0 saturated carbocycles. The van der Waals surface area contributed by atoms with Crippen LogP contribution in [-0.4, -0.2) is 40.9 Å². The number of piperidine rings is 1. The quantitative estimate of drug-likeness (QED) is 0.875. The molecule has 0 amide bonds. The Labute approximate surface area is 129 Å². The molecule has 2 heterocycles. The van der Waals surface area contributed by atoms with E-state index in [0.717, 1.165) is 19.0 Å². The summed E-state index contributed by atoms with van der Waals surface area (Å²) in [5, 5.41) is 8.23. The summed E-state index contributed by atoms with van der Waals surface area (Å²) in [6, 6.07) is 0.456. The molecule has 4 nitrogen and oxygen atoms in total. The summed E-state index contributed by atoms with van der Waals surface area (Å²) in [6.07, 6.45) is 2.69. The SMILES string of the molecule is CCN(CC1CCCNC1)C(C)c1c(C)nn(CC)c1C. The molecule has 21 heavy (non-hydrogen) atoms. The van der Waals surface area contributed by atoms with Gasteiger partial charge in [0.2, 0.25) is 0 Å². The molecule has 0 aliphatic carbocycles. The number of hydrogen-bond donors (Lipinski definition) is 1. The van der Waals surface area contributed by atoms with Crippen molar-refractivity contribution in [3.05, 3.63) is 17.0 Å². The minimum atomic E-state index is 0.456. The van der Waals surface area contributed by atoms with Crippen molar-refractivity contribution >= 4 is 0 Å². The maximum Gasteiger partial charge on any atom is 0.0644 e. The molecule has 120 valence electrons. The number of hydrogen-bond acceptors (Lipinski definition) is 3. The molecule has 2 rings (SSSR count). The second-order valence-corrected chi connectivity index (χ2v) is 6.38. The van der Waals surface area contributed by atoms with Gasteiger partial charge >= 0.3 is 0 Å². The van der Waals surface area contributed by atoms with Crippen molar-refractivity contribution in [1.29, 1.82) is 0 Å². The van der Waals surface area contributed by atoms with E-state index in [1.807, 2.05) is 0 Å². The van der Waals surface area contributed by atoms with Crippen LogP contribution in [-0.2, 0) is 6.54 Å². The van der Waals surface area contributed by atoms with E-state index in [1.54, 1.807) is 0 Å². The molecule has 1 aromatic heterocycles. The largest absolute Gasteiger partial charge is 0.316 e.